The van der Waals surface area contributed by atoms with Gasteiger partial charge in [-0.05, 0) is 41.8 Å². The molecule has 0 amide bonds. The molecule has 2 saturated carbocycles. The number of hydrogen-bond donors (Lipinski definition) is 0. The van der Waals surface area contributed by atoms with Gasteiger partial charge >= 0.3 is 5.97 Å². The first kappa shape index (κ1) is 19.4. The minimum absolute atomic E-state index is 0.114. The van der Waals surface area contributed by atoms with Gasteiger partial charge in [-0.15, -0.1) is 0 Å². The minimum atomic E-state index is -2.08. The van der Waals surface area contributed by atoms with E-state index in [1.807, 2.05) is 0 Å². The summed E-state index contributed by atoms with van der Waals surface area (Å²) in [6, 6.07) is 0. The van der Waals surface area contributed by atoms with Crippen LogP contribution in [0.3, 0.4) is 0 Å². The van der Waals surface area contributed by atoms with Crippen LogP contribution in [0.2, 0.25) is 16.6 Å². The molecule has 1 aliphatic heterocycles. The van der Waals surface area contributed by atoms with Crippen molar-refractivity contribution in [2.75, 3.05) is 7.11 Å². The van der Waals surface area contributed by atoms with E-state index in [2.05, 4.69) is 41.5 Å². The van der Waals surface area contributed by atoms with Crippen LogP contribution < -0.4 is 0 Å². The molecule has 144 valence electrons. The summed E-state index contributed by atoms with van der Waals surface area (Å²) < 4.78 is 18.9. The molecule has 2 aliphatic carbocycles. The van der Waals surface area contributed by atoms with E-state index in [-0.39, 0.29) is 17.5 Å². The molecular formula is C20H36O4Si. The SMILES string of the molecule is COC(=O)C[C@@]12CC[C@@H]3OC1(O[Si](C(C)C)(C(C)C)C(C)C)CC[C@H]32. The maximum Gasteiger partial charge on any atom is 0.306 e. The van der Waals surface area contributed by atoms with Crippen molar-refractivity contribution in [2.45, 2.75) is 102 Å². The molecule has 0 aromatic carbocycles. The zero-order chi connectivity index (χ0) is 18.6. The van der Waals surface area contributed by atoms with E-state index in [1.165, 1.54) is 7.11 Å². The lowest BCUT2D eigenvalue weighted by Crippen LogP contribution is -2.59. The predicted molar refractivity (Wildman–Crippen MR) is 101 cm³/mol. The second kappa shape index (κ2) is 6.34. The van der Waals surface area contributed by atoms with Gasteiger partial charge in [0.1, 0.15) is 0 Å². The lowest BCUT2D eigenvalue weighted by atomic mass is 9.75. The van der Waals surface area contributed by atoms with Crippen molar-refractivity contribution in [3.8, 4) is 0 Å². The normalized spacial score (nSPS) is 36.9. The van der Waals surface area contributed by atoms with Crippen molar-refractivity contribution >= 4 is 14.3 Å². The summed E-state index contributed by atoms with van der Waals surface area (Å²) in [5.41, 5.74) is 1.37. The summed E-state index contributed by atoms with van der Waals surface area (Å²) >= 11 is 0. The molecule has 1 heterocycles. The Hall–Kier alpha value is -0.393. The first-order valence-corrected chi connectivity index (χ1v) is 12.2. The zero-order valence-corrected chi connectivity index (χ0v) is 18.1. The van der Waals surface area contributed by atoms with Crippen LogP contribution in [0.1, 0.15) is 73.6 Å². The molecule has 1 unspecified atom stereocenters. The van der Waals surface area contributed by atoms with Crippen molar-refractivity contribution in [3.05, 3.63) is 0 Å². The van der Waals surface area contributed by atoms with E-state index in [9.17, 15) is 4.79 Å². The Morgan fingerprint density at radius 2 is 1.68 bits per heavy atom. The molecule has 25 heavy (non-hydrogen) atoms. The average Bonchev–Trinajstić information content (AvgIpc) is 3.11. The number of carbonyl (C=O) groups is 1. The predicted octanol–water partition coefficient (Wildman–Crippen LogP) is 5.03. The van der Waals surface area contributed by atoms with Crippen LogP contribution >= 0.6 is 0 Å². The van der Waals surface area contributed by atoms with Crippen molar-refractivity contribution < 1.29 is 18.7 Å². The Kier molecular flexibility index (Phi) is 4.92. The van der Waals surface area contributed by atoms with E-state index in [0.29, 0.717) is 29.0 Å². The van der Waals surface area contributed by atoms with Gasteiger partial charge in [-0.25, -0.2) is 0 Å². The standard InChI is InChI=1S/C20H36O4Si/c1-13(2)25(14(3)4,15(5)6)24-20-11-8-16-17(23-20)9-10-19(16,20)12-18(21)22-7/h13-17H,8-12H2,1-7H3/t16-,17+,19-,20?/m1/s1. The number of methoxy groups -OCH3 is 1. The van der Waals surface area contributed by atoms with Gasteiger partial charge in [0, 0.05) is 11.8 Å². The van der Waals surface area contributed by atoms with Crippen LogP contribution in [0.5, 0.6) is 0 Å². The summed E-state index contributed by atoms with van der Waals surface area (Å²) in [4.78, 5) is 12.3. The van der Waals surface area contributed by atoms with Crippen LogP contribution in [-0.4, -0.2) is 33.3 Å². The summed E-state index contributed by atoms with van der Waals surface area (Å²) in [7, 11) is -0.590. The van der Waals surface area contributed by atoms with E-state index in [1.54, 1.807) is 0 Å². The fourth-order valence-corrected chi connectivity index (χ4v) is 12.4. The molecule has 0 radical (unpaired) electrons. The van der Waals surface area contributed by atoms with Gasteiger partial charge in [0.15, 0.2) is 5.79 Å². The first-order chi connectivity index (χ1) is 11.6. The Bertz CT molecular complexity index is 510. The monoisotopic (exact) mass is 368 g/mol. The Morgan fingerprint density at radius 3 is 2.20 bits per heavy atom. The highest BCUT2D eigenvalue weighted by atomic mass is 28.4. The molecule has 0 N–H and O–H groups in total. The van der Waals surface area contributed by atoms with Crippen LogP contribution in [0.15, 0.2) is 0 Å². The van der Waals surface area contributed by atoms with Crippen LogP contribution in [0.25, 0.3) is 0 Å². The molecule has 4 atom stereocenters. The fourth-order valence-electron chi connectivity index (χ4n) is 6.73. The third kappa shape index (κ3) is 2.48. The van der Waals surface area contributed by atoms with Crippen molar-refractivity contribution in [3.63, 3.8) is 0 Å². The Balaban J connectivity index is 2.01. The molecule has 3 rings (SSSR count). The number of esters is 1. The molecule has 0 aromatic heterocycles. The number of rotatable bonds is 7. The lowest BCUT2D eigenvalue weighted by Gasteiger charge is -2.52. The first-order valence-electron chi connectivity index (χ1n) is 10.1. The quantitative estimate of drug-likeness (QED) is 0.467. The van der Waals surface area contributed by atoms with Gasteiger partial charge < -0.3 is 13.9 Å². The van der Waals surface area contributed by atoms with Crippen molar-refractivity contribution in [2.24, 2.45) is 11.3 Å². The van der Waals surface area contributed by atoms with Crippen molar-refractivity contribution in [1.29, 1.82) is 0 Å². The van der Waals surface area contributed by atoms with Crippen LogP contribution in [0.4, 0.5) is 0 Å². The Morgan fingerprint density at radius 1 is 1.08 bits per heavy atom. The summed E-state index contributed by atoms with van der Waals surface area (Å²) in [6.45, 7) is 13.9. The van der Waals surface area contributed by atoms with E-state index in [4.69, 9.17) is 13.9 Å². The number of ether oxygens (including phenoxy) is 2. The number of hydrogen-bond acceptors (Lipinski definition) is 4. The second-order valence-corrected chi connectivity index (χ2v) is 14.8. The zero-order valence-electron chi connectivity index (χ0n) is 17.1. The Labute approximate surface area is 154 Å². The van der Waals surface area contributed by atoms with E-state index >= 15 is 0 Å². The van der Waals surface area contributed by atoms with Gasteiger partial charge in [-0.2, -0.15) is 0 Å². The fraction of sp³-hybridized carbons (Fsp3) is 0.950. The molecule has 0 spiro atoms. The highest BCUT2D eigenvalue weighted by molar-refractivity contribution is 6.77. The molecule has 4 nitrogen and oxygen atoms in total. The molecule has 4 bridgehead atoms. The van der Waals surface area contributed by atoms with E-state index in [0.717, 1.165) is 25.7 Å². The largest absolute Gasteiger partial charge is 0.469 e. The molecule has 3 fully saturated rings. The summed E-state index contributed by atoms with van der Waals surface area (Å²) in [5.74, 6) is -0.207. The van der Waals surface area contributed by atoms with E-state index < -0.39 is 14.1 Å². The third-order valence-corrected chi connectivity index (χ3v) is 13.8. The average molecular weight is 369 g/mol. The van der Waals surface area contributed by atoms with Gasteiger partial charge in [0.25, 0.3) is 0 Å². The molecule has 0 aromatic rings. The van der Waals surface area contributed by atoms with Crippen LogP contribution in [0, 0.1) is 11.3 Å². The van der Waals surface area contributed by atoms with Gasteiger partial charge in [0.05, 0.1) is 19.6 Å². The number of carbonyl (C=O) groups excluding carboxylic acids is 1. The summed E-state index contributed by atoms with van der Waals surface area (Å²) in [5, 5.41) is 0. The maximum atomic E-state index is 12.3. The third-order valence-electron chi connectivity index (χ3n) is 7.65. The summed E-state index contributed by atoms with van der Waals surface area (Å²) in [6.07, 6.45) is 4.88. The highest BCUT2D eigenvalue weighted by Gasteiger charge is 2.75. The second-order valence-electron chi connectivity index (χ2n) is 9.42. The van der Waals surface area contributed by atoms with Crippen molar-refractivity contribution in [1.82, 2.24) is 0 Å². The topological polar surface area (TPSA) is 44.8 Å². The van der Waals surface area contributed by atoms with Crippen LogP contribution in [-0.2, 0) is 18.7 Å². The lowest BCUT2D eigenvalue weighted by molar-refractivity contribution is -0.251. The maximum absolute atomic E-state index is 12.3. The van der Waals surface area contributed by atoms with Gasteiger partial charge in [-0.3, -0.25) is 4.79 Å². The van der Waals surface area contributed by atoms with Gasteiger partial charge in [0.2, 0.25) is 8.32 Å². The molecule has 1 saturated heterocycles. The molecule has 3 aliphatic rings. The smallest absolute Gasteiger partial charge is 0.306 e. The van der Waals surface area contributed by atoms with Gasteiger partial charge in [-0.1, -0.05) is 41.5 Å². The highest BCUT2D eigenvalue weighted by Crippen LogP contribution is 2.71. The molecule has 5 heteroatoms. The minimum Gasteiger partial charge on any atom is -0.469 e. The molecular weight excluding hydrogens is 332 g/mol.